The van der Waals surface area contributed by atoms with E-state index >= 15 is 0 Å². The zero-order valence-corrected chi connectivity index (χ0v) is 15.8. The zero-order chi connectivity index (χ0) is 20.9. The number of benzene rings is 1. The fourth-order valence-corrected chi connectivity index (χ4v) is 3.96. The van der Waals surface area contributed by atoms with Crippen LogP contribution < -0.4 is 0 Å². The number of alkyl halides is 3. The van der Waals surface area contributed by atoms with Gasteiger partial charge in [0.15, 0.2) is 0 Å². The van der Waals surface area contributed by atoms with Crippen molar-refractivity contribution in [2.75, 3.05) is 13.2 Å². The van der Waals surface area contributed by atoms with Gasteiger partial charge in [0.25, 0.3) is 0 Å². The van der Waals surface area contributed by atoms with Crippen molar-refractivity contribution in [3.63, 3.8) is 0 Å². The van der Waals surface area contributed by atoms with Crippen LogP contribution in [-0.4, -0.2) is 47.0 Å². The Morgan fingerprint density at radius 2 is 1.79 bits per heavy atom. The number of piperidine rings is 1. The van der Waals surface area contributed by atoms with Crippen molar-refractivity contribution in [2.45, 2.75) is 63.1 Å². The van der Waals surface area contributed by atoms with E-state index in [2.05, 4.69) is 0 Å². The van der Waals surface area contributed by atoms with Crippen molar-refractivity contribution < 1.29 is 36.9 Å². The molecule has 2 heterocycles. The van der Waals surface area contributed by atoms with E-state index in [1.165, 1.54) is 4.90 Å². The van der Waals surface area contributed by atoms with Gasteiger partial charge in [0, 0.05) is 12.8 Å². The average Bonchev–Trinajstić information content (AvgIpc) is 2.51. The number of hydrogen-bond donors (Lipinski definition) is 1. The average molecular weight is 405 g/mol. The van der Waals surface area contributed by atoms with Crippen LogP contribution in [0, 0.1) is 5.82 Å². The van der Waals surface area contributed by atoms with E-state index in [4.69, 9.17) is 9.47 Å². The molecule has 0 radical (unpaired) electrons. The van der Waals surface area contributed by atoms with Crippen LogP contribution in [0.25, 0.3) is 0 Å². The minimum absolute atomic E-state index is 0.0503. The van der Waals surface area contributed by atoms with Crippen LogP contribution >= 0.6 is 0 Å². The number of nitrogens with zero attached hydrogens (tertiary/aromatic N) is 1. The van der Waals surface area contributed by atoms with Crippen molar-refractivity contribution in [3.05, 3.63) is 35.1 Å². The topological polar surface area (TPSA) is 59.0 Å². The molecule has 156 valence electrons. The van der Waals surface area contributed by atoms with E-state index < -0.39 is 52.5 Å². The molecule has 3 rings (SSSR count). The number of amides is 1. The molecule has 1 aromatic rings. The highest BCUT2D eigenvalue weighted by atomic mass is 19.4. The van der Waals surface area contributed by atoms with Gasteiger partial charge < -0.3 is 14.6 Å². The lowest BCUT2D eigenvalue weighted by atomic mass is 9.75. The van der Waals surface area contributed by atoms with Gasteiger partial charge in [-0.05, 0) is 44.5 Å². The van der Waals surface area contributed by atoms with Gasteiger partial charge in [-0.25, -0.2) is 9.18 Å². The Hall–Kier alpha value is -1.87. The van der Waals surface area contributed by atoms with Crippen LogP contribution in [-0.2, 0) is 21.3 Å². The molecule has 0 aromatic heterocycles. The van der Waals surface area contributed by atoms with Gasteiger partial charge in [0.1, 0.15) is 11.4 Å². The summed E-state index contributed by atoms with van der Waals surface area (Å²) in [7, 11) is 0. The highest BCUT2D eigenvalue weighted by Gasteiger charge is 2.52. The second-order valence-corrected chi connectivity index (χ2v) is 8.36. The van der Waals surface area contributed by atoms with Gasteiger partial charge in [0.05, 0.1) is 36.5 Å². The first-order valence-corrected chi connectivity index (χ1v) is 8.99. The summed E-state index contributed by atoms with van der Waals surface area (Å²) < 4.78 is 64.9. The Balaban J connectivity index is 1.95. The second-order valence-electron chi connectivity index (χ2n) is 8.36. The summed E-state index contributed by atoms with van der Waals surface area (Å²) in [6.07, 6.45) is -5.78. The highest BCUT2D eigenvalue weighted by Crippen LogP contribution is 2.46. The van der Waals surface area contributed by atoms with Crippen LogP contribution in [0.1, 0.15) is 44.7 Å². The number of ether oxygens (including phenoxy) is 2. The molecule has 0 aliphatic carbocycles. The highest BCUT2D eigenvalue weighted by molar-refractivity contribution is 5.69. The number of rotatable bonds is 1. The summed E-state index contributed by atoms with van der Waals surface area (Å²) in [5.41, 5.74) is -4.28. The Kier molecular flexibility index (Phi) is 5.12. The molecule has 2 atom stereocenters. The molecule has 0 saturated carbocycles. The molecule has 28 heavy (non-hydrogen) atoms. The quantitative estimate of drug-likeness (QED) is 0.722. The summed E-state index contributed by atoms with van der Waals surface area (Å²) in [4.78, 5) is 14.0. The van der Waals surface area contributed by atoms with Gasteiger partial charge in [-0.3, -0.25) is 4.90 Å². The molecule has 2 unspecified atom stereocenters. The van der Waals surface area contributed by atoms with E-state index in [1.54, 1.807) is 20.8 Å². The minimum Gasteiger partial charge on any atom is -0.444 e. The fourth-order valence-electron chi connectivity index (χ4n) is 3.96. The van der Waals surface area contributed by atoms with Crippen LogP contribution in [0.4, 0.5) is 22.4 Å². The van der Waals surface area contributed by atoms with E-state index in [0.717, 1.165) is 12.1 Å². The SMILES string of the molecule is CC(C)(C)OC(=O)N1C2COCC1CC(O)(c1cc(F)ccc1C(F)(F)F)C2. The third-order valence-electron chi connectivity index (χ3n) is 4.95. The first kappa shape index (κ1) is 20.9. The van der Waals surface area contributed by atoms with Crippen molar-refractivity contribution in [1.29, 1.82) is 0 Å². The number of halogens is 4. The van der Waals surface area contributed by atoms with Crippen LogP contribution in [0.15, 0.2) is 18.2 Å². The normalized spacial score (nSPS) is 28.2. The number of fused-ring (bicyclic) bond motifs is 2. The number of morpholine rings is 1. The van der Waals surface area contributed by atoms with Gasteiger partial charge in [0.2, 0.25) is 0 Å². The Labute approximate surface area is 160 Å². The maximum atomic E-state index is 13.8. The molecule has 2 aliphatic heterocycles. The Bertz CT molecular complexity index is 745. The standard InChI is InChI=1S/C19H23F4NO4/c1-17(2,3)28-16(25)24-12-7-18(26,8-13(24)10-27-9-12)15-6-11(20)4-5-14(15)19(21,22)23/h4-6,12-13,26H,7-10H2,1-3H3. The summed E-state index contributed by atoms with van der Waals surface area (Å²) in [6, 6.07) is 0.709. The summed E-state index contributed by atoms with van der Waals surface area (Å²) in [6.45, 7) is 5.23. The van der Waals surface area contributed by atoms with Gasteiger partial charge >= 0.3 is 12.3 Å². The Morgan fingerprint density at radius 3 is 2.29 bits per heavy atom. The third-order valence-corrected chi connectivity index (χ3v) is 4.95. The number of carbonyl (C=O) groups is 1. The molecule has 1 aromatic carbocycles. The summed E-state index contributed by atoms with van der Waals surface area (Å²) >= 11 is 0. The lowest BCUT2D eigenvalue weighted by Gasteiger charge is -2.51. The fraction of sp³-hybridized carbons (Fsp3) is 0.632. The minimum atomic E-state index is -4.74. The largest absolute Gasteiger partial charge is 0.444 e. The van der Waals surface area contributed by atoms with Crippen LogP contribution in [0.5, 0.6) is 0 Å². The molecule has 1 amide bonds. The van der Waals surface area contributed by atoms with Gasteiger partial charge in [-0.2, -0.15) is 13.2 Å². The predicted molar refractivity (Wildman–Crippen MR) is 91.0 cm³/mol. The molecule has 2 bridgehead atoms. The molecular formula is C19H23F4NO4. The molecule has 2 fully saturated rings. The molecule has 2 aliphatic rings. The van der Waals surface area contributed by atoms with E-state index in [0.29, 0.717) is 6.07 Å². The van der Waals surface area contributed by atoms with Crippen molar-refractivity contribution in [3.8, 4) is 0 Å². The second kappa shape index (κ2) is 6.88. The van der Waals surface area contributed by atoms with Crippen molar-refractivity contribution >= 4 is 6.09 Å². The summed E-state index contributed by atoms with van der Waals surface area (Å²) in [5.74, 6) is -0.868. The van der Waals surface area contributed by atoms with Crippen LogP contribution in [0.2, 0.25) is 0 Å². The van der Waals surface area contributed by atoms with E-state index in [9.17, 15) is 27.5 Å². The number of carbonyl (C=O) groups excluding carboxylic acids is 1. The van der Waals surface area contributed by atoms with Crippen molar-refractivity contribution in [2.24, 2.45) is 0 Å². The first-order valence-electron chi connectivity index (χ1n) is 8.99. The van der Waals surface area contributed by atoms with Gasteiger partial charge in [-0.15, -0.1) is 0 Å². The molecule has 1 N–H and O–H groups in total. The molecule has 5 nitrogen and oxygen atoms in total. The van der Waals surface area contributed by atoms with Crippen LogP contribution in [0.3, 0.4) is 0 Å². The smallest absolute Gasteiger partial charge is 0.416 e. The van der Waals surface area contributed by atoms with Gasteiger partial charge in [-0.1, -0.05) is 0 Å². The monoisotopic (exact) mass is 405 g/mol. The zero-order valence-electron chi connectivity index (χ0n) is 15.8. The third kappa shape index (κ3) is 4.10. The number of aliphatic hydroxyl groups is 1. The lowest BCUT2D eigenvalue weighted by molar-refractivity contribution is -0.155. The number of hydrogen-bond acceptors (Lipinski definition) is 4. The molecular weight excluding hydrogens is 382 g/mol. The summed E-state index contributed by atoms with van der Waals surface area (Å²) in [5, 5.41) is 11.1. The Morgan fingerprint density at radius 1 is 1.21 bits per heavy atom. The first-order chi connectivity index (χ1) is 12.8. The van der Waals surface area contributed by atoms with Crippen molar-refractivity contribution in [1.82, 2.24) is 4.90 Å². The molecule has 0 spiro atoms. The molecule has 9 heteroatoms. The molecule has 2 saturated heterocycles. The van der Waals surface area contributed by atoms with E-state index in [-0.39, 0.29) is 26.1 Å². The maximum Gasteiger partial charge on any atom is 0.416 e. The lowest BCUT2D eigenvalue weighted by Crippen LogP contribution is -2.63. The predicted octanol–water partition coefficient (Wildman–Crippen LogP) is 3.83. The van der Waals surface area contributed by atoms with E-state index in [1.807, 2.05) is 0 Å². The maximum absolute atomic E-state index is 13.8.